The van der Waals surface area contributed by atoms with E-state index in [0.717, 1.165) is 11.1 Å². The molecule has 0 saturated carbocycles. The van der Waals surface area contributed by atoms with Gasteiger partial charge in [-0.05, 0) is 27.7 Å². The van der Waals surface area contributed by atoms with Crippen LogP contribution in [-0.4, -0.2) is 26.4 Å². The monoisotopic (exact) mass is 240 g/mol. The number of hydrogen-bond donors (Lipinski definition) is 0. The third-order valence-electron chi connectivity index (χ3n) is 2.85. The smallest absolute Gasteiger partial charge is 0.277 e. The lowest BCUT2D eigenvalue weighted by molar-refractivity contribution is -0.187. The van der Waals surface area contributed by atoms with Crippen LogP contribution >= 0.6 is 0 Å². The first-order chi connectivity index (χ1) is 8.02. The highest BCUT2D eigenvalue weighted by Gasteiger charge is 2.42. The summed E-state index contributed by atoms with van der Waals surface area (Å²) >= 11 is 0. The molecule has 96 valence electrons. The average Bonchev–Trinajstić information content (AvgIpc) is 2.30. The molecule has 0 bridgehead atoms. The highest BCUT2D eigenvalue weighted by molar-refractivity contribution is 5.03. The van der Waals surface area contributed by atoms with Crippen molar-refractivity contribution in [3.63, 3.8) is 0 Å². The maximum Gasteiger partial charge on any atom is 0.277 e. The van der Waals surface area contributed by atoms with Gasteiger partial charge in [0.15, 0.2) is 0 Å². The first kappa shape index (κ1) is 12.1. The lowest BCUT2D eigenvalue weighted by Crippen LogP contribution is -2.47. The standard InChI is InChI=1S/C13H20O4/c1-9(2)11-14-5-13(6-15-11)7-16-12(10(3)4)17-8-13/h5-8H2,1-4H3. The Bertz CT molecular complexity index is 300. The minimum Gasteiger partial charge on any atom is -0.464 e. The minimum absolute atomic E-state index is 0.169. The van der Waals surface area contributed by atoms with Gasteiger partial charge >= 0.3 is 0 Å². The Morgan fingerprint density at radius 3 is 1.24 bits per heavy atom. The SMILES string of the molecule is CC(C)=C1OCC2(CO1)COC(=C(C)C)OC2. The van der Waals surface area contributed by atoms with Gasteiger partial charge in [0, 0.05) is 11.1 Å². The van der Waals surface area contributed by atoms with E-state index < -0.39 is 0 Å². The van der Waals surface area contributed by atoms with Crippen LogP contribution in [0.4, 0.5) is 0 Å². The van der Waals surface area contributed by atoms with Crippen molar-refractivity contribution in [2.24, 2.45) is 5.41 Å². The topological polar surface area (TPSA) is 36.9 Å². The fraction of sp³-hybridized carbons (Fsp3) is 0.692. The van der Waals surface area contributed by atoms with Crippen LogP contribution in [0.1, 0.15) is 27.7 Å². The van der Waals surface area contributed by atoms with Gasteiger partial charge in [0.05, 0.1) is 0 Å². The quantitative estimate of drug-likeness (QED) is 0.652. The largest absolute Gasteiger partial charge is 0.464 e. The summed E-state index contributed by atoms with van der Waals surface area (Å²) in [7, 11) is 0. The second-order valence-corrected chi connectivity index (χ2v) is 5.23. The van der Waals surface area contributed by atoms with Crippen LogP contribution in [-0.2, 0) is 18.9 Å². The van der Waals surface area contributed by atoms with E-state index in [1.165, 1.54) is 0 Å². The molecule has 0 aromatic carbocycles. The highest BCUT2D eigenvalue weighted by atomic mass is 16.7. The van der Waals surface area contributed by atoms with Crippen LogP contribution in [0.5, 0.6) is 0 Å². The molecule has 2 rings (SSSR count). The third-order valence-corrected chi connectivity index (χ3v) is 2.85. The third kappa shape index (κ3) is 2.51. The molecule has 2 saturated heterocycles. The Morgan fingerprint density at radius 1 is 0.706 bits per heavy atom. The molecule has 0 unspecified atom stereocenters. The van der Waals surface area contributed by atoms with Gasteiger partial charge in [0.1, 0.15) is 31.8 Å². The summed E-state index contributed by atoms with van der Waals surface area (Å²) in [5.74, 6) is 1.28. The number of rotatable bonds is 0. The van der Waals surface area contributed by atoms with Crippen molar-refractivity contribution in [1.29, 1.82) is 0 Å². The molecule has 0 aliphatic carbocycles. The van der Waals surface area contributed by atoms with E-state index >= 15 is 0 Å². The molecule has 1 spiro atoms. The van der Waals surface area contributed by atoms with Gasteiger partial charge in [0.2, 0.25) is 0 Å². The summed E-state index contributed by atoms with van der Waals surface area (Å²) in [5, 5.41) is 0. The summed E-state index contributed by atoms with van der Waals surface area (Å²) in [5.41, 5.74) is 1.95. The van der Waals surface area contributed by atoms with Crippen molar-refractivity contribution in [2.75, 3.05) is 26.4 Å². The van der Waals surface area contributed by atoms with Crippen LogP contribution < -0.4 is 0 Å². The Kier molecular flexibility index (Phi) is 3.22. The molecule has 4 heteroatoms. The maximum atomic E-state index is 5.61. The molecule has 2 heterocycles. The highest BCUT2D eigenvalue weighted by Crippen LogP contribution is 2.33. The Hall–Kier alpha value is -1.32. The van der Waals surface area contributed by atoms with Crippen molar-refractivity contribution >= 4 is 0 Å². The summed E-state index contributed by atoms with van der Waals surface area (Å²) in [6.07, 6.45) is 0. The van der Waals surface area contributed by atoms with E-state index in [1.807, 2.05) is 27.7 Å². The molecule has 0 aromatic rings. The predicted octanol–water partition coefficient (Wildman–Crippen LogP) is 2.57. The van der Waals surface area contributed by atoms with Gasteiger partial charge in [-0.1, -0.05) is 0 Å². The lowest BCUT2D eigenvalue weighted by Gasteiger charge is -2.40. The van der Waals surface area contributed by atoms with Crippen molar-refractivity contribution in [2.45, 2.75) is 27.7 Å². The summed E-state index contributed by atoms with van der Waals surface area (Å²) in [6.45, 7) is 10.2. The fourth-order valence-corrected chi connectivity index (χ4v) is 1.79. The first-order valence-electron chi connectivity index (χ1n) is 5.89. The van der Waals surface area contributed by atoms with E-state index in [0.29, 0.717) is 38.3 Å². The molecule has 0 aromatic heterocycles. The molecule has 0 N–H and O–H groups in total. The average molecular weight is 240 g/mol. The normalized spacial score (nSPS) is 27.8. The van der Waals surface area contributed by atoms with Gasteiger partial charge in [-0.15, -0.1) is 0 Å². The fourth-order valence-electron chi connectivity index (χ4n) is 1.79. The second kappa shape index (κ2) is 4.51. The van der Waals surface area contributed by atoms with E-state index in [1.54, 1.807) is 0 Å². The van der Waals surface area contributed by atoms with E-state index in [-0.39, 0.29) is 5.41 Å². The van der Waals surface area contributed by atoms with Gasteiger partial charge in [-0.2, -0.15) is 0 Å². The molecule has 2 aliphatic heterocycles. The molecular weight excluding hydrogens is 220 g/mol. The van der Waals surface area contributed by atoms with Crippen LogP contribution in [0, 0.1) is 5.41 Å². The van der Waals surface area contributed by atoms with Crippen molar-refractivity contribution in [3.8, 4) is 0 Å². The molecule has 0 radical (unpaired) electrons. The molecule has 2 aliphatic rings. The van der Waals surface area contributed by atoms with Gasteiger partial charge in [0.25, 0.3) is 11.9 Å². The molecule has 4 nitrogen and oxygen atoms in total. The molecular formula is C13H20O4. The number of ether oxygens (including phenoxy) is 4. The van der Waals surface area contributed by atoms with Gasteiger partial charge < -0.3 is 18.9 Å². The van der Waals surface area contributed by atoms with Crippen molar-refractivity contribution in [1.82, 2.24) is 0 Å². The van der Waals surface area contributed by atoms with Crippen LogP contribution in [0.3, 0.4) is 0 Å². The van der Waals surface area contributed by atoms with E-state index in [4.69, 9.17) is 18.9 Å². The molecule has 2 fully saturated rings. The van der Waals surface area contributed by atoms with E-state index in [9.17, 15) is 0 Å². The number of hydrogen-bond acceptors (Lipinski definition) is 4. The summed E-state index contributed by atoms with van der Waals surface area (Å²) in [4.78, 5) is 0. The zero-order valence-corrected chi connectivity index (χ0v) is 11.0. The Morgan fingerprint density at radius 2 is 1.00 bits per heavy atom. The second-order valence-electron chi connectivity index (χ2n) is 5.23. The molecule has 0 atom stereocenters. The Labute approximate surface area is 102 Å². The van der Waals surface area contributed by atoms with Crippen molar-refractivity contribution < 1.29 is 18.9 Å². The van der Waals surface area contributed by atoms with Crippen molar-refractivity contribution in [3.05, 3.63) is 23.0 Å². The van der Waals surface area contributed by atoms with E-state index in [2.05, 4.69) is 0 Å². The lowest BCUT2D eigenvalue weighted by atomic mass is 9.91. The van der Waals surface area contributed by atoms with Crippen LogP contribution in [0.2, 0.25) is 0 Å². The van der Waals surface area contributed by atoms with Crippen LogP contribution in [0.15, 0.2) is 23.0 Å². The van der Waals surface area contributed by atoms with Gasteiger partial charge in [-0.25, -0.2) is 0 Å². The summed E-state index contributed by atoms with van der Waals surface area (Å²) < 4.78 is 22.4. The summed E-state index contributed by atoms with van der Waals surface area (Å²) in [6, 6.07) is 0. The minimum atomic E-state index is -0.169. The zero-order valence-electron chi connectivity index (χ0n) is 11.0. The van der Waals surface area contributed by atoms with Crippen LogP contribution in [0.25, 0.3) is 0 Å². The Balaban J connectivity index is 1.97. The predicted molar refractivity (Wildman–Crippen MR) is 63.0 cm³/mol. The zero-order chi connectivity index (χ0) is 12.5. The number of allylic oxidation sites excluding steroid dienone is 2. The molecule has 17 heavy (non-hydrogen) atoms. The first-order valence-corrected chi connectivity index (χ1v) is 5.89. The molecule has 0 amide bonds. The van der Waals surface area contributed by atoms with Gasteiger partial charge in [-0.3, -0.25) is 0 Å². The maximum absolute atomic E-state index is 5.61.